The fraction of sp³-hybridized carbons (Fsp3) is 0.364. The molecule has 2 aromatic rings. The molecule has 27 heavy (non-hydrogen) atoms. The van der Waals surface area contributed by atoms with Gasteiger partial charge in [-0.25, -0.2) is 5.43 Å². The van der Waals surface area contributed by atoms with Gasteiger partial charge >= 0.3 is 0 Å². The predicted octanol–water partition coefficient (Wildman–Crippen LogP) is 4.46. The van der Waals surface area contributed by atoms with Crippen molar-refractivity contribution < 1.29 is 15.0 Å². The van der Waals surface area contributed by atoms with Gasteiger partial charge in [-0.1, -0.05) is 53.7 Å². The van der Waals surface area contributed by atoms with Crippen molar-refractivity contribution in [2.75, 3.05) is 0 Å². The Kier molecular flexibility index (Phi) is 5.64. The molecule has 3 N–H and O–H groups in total. The maximum atomic E-state index is 12.1. The largest absolute Gasteiger partial charge is 0.507 e. The van der Waals surface area contributed by atoms with Crippen molar-refractivity contribution in [2.24, 2.45) is 5.10 Å². The molecule has 0 aromatic heterocycles. The summed E-state index contributed by atoms with van der Waals surface area (Å²) in [5.41, 5.74) is 4.52. The van der Waals surface area contributed by atoms with Crippen LogP contribution in [0.25, 0.3) is 0 Å². The third kappa shape index (κ3) is 4.88. The average Bonchev–Trinajstić information content (AvgIpc) is 2.54. The van der Waals surface area contributed by atoms with Crippen molar-refractivity contribution in [1.29, 1.82) is 0 Å². The van der Waals surface area contributed by atoms with Crippen LogP contribution < -0.4 is 5.43 Å². The van der Waals surface area contributed by atoms with E-state index in [9.17, 15) is 15.0 Å². The number of para-hydroxylation sites is 1. The Labute approximate surface area is 160 Å². The number of aromatic hydroxyl groups is 2. The summed E-state index contributed by atoms with van der Waals surface area (Å²) in [6.45, 7) is 12.2. The molecular formula is C22H28N2O3. The summed E-state index contributed by atoms with van der Waals surface area (Å²) < 4.78 is 0. The van der Waals surface area contributed by atoms with E-state index in [0.717, 1.165) is 16.7 Å². The van der Waals surface area contributed by atoms with E-state index in [2.05, 4.69) is 10.5 Å². The topological polar surface area (TPSA) is 81.9 Å². The van der Waals surface area contributed by atoms with E-state index in [1.165, 1.54) is 12.1 Å². The highest BCUT2D eigenvalue weighted by atomic mass is 16.3. The average molecular weight is 368 g/mol. The van der Waals surface area contributed by atoms with E-state index >= 15 is 0 Å². The maximum absolute atomic E-state index is 12.1. The number of rotatable bonds is 3. The van der Waals surface area contributed by atoms with Crippen LogP contribution in [-0.4, -0.2) is 22.3 Å². The number of hydrogen-bond acceptors (Lipinski definition) is 4. The summed E-state index contributed by atoms with van der Waals surface area (Å²) in [6, 6.07) is 10.0. The Morgan fingerprint density at radius 1 is 0.963 bits per heavy atom. The highest BCUT2D eigenvalue weighted by Gasteiger charge is 2.26. The Morgan fingerprint density at radius 2 is 1.48 bits per heavy atom. The van der Waals surface area contributed by atoms with Crippen LogP contribution >= 0.6 is 0 Å². The number of nitrogens with zero attached hydrogens (tertiary/aromatic N) is 1. The van der Waals surface area contributed by atoms with Crippen LogP contribution in [0, 0.1) is 0 Å². The van der Waals surface area contributed by atoms with Crippen LogP contribution in [0.4, 0.5) is 0 Å². The van der Waals surface area contributed by atoms with Crippen molar-refractivity contribution in [3.05, 3.63) is 58.7 Å². The second kappa shape index (κ2) is 7.43. The fourth-order valence-electron chi connectivity index (χ4n) is 2.77. The first-order chi connectivity index (χ1) is 12.4. The molecule has 5 heteroatoms. The van der Waals surface area contributed by atoms with Crippen molar-refractivity contribution in [1.82, 2.24) is 5.43 Å². The molecule has 0 heterocycles. The van der Waals surface area contributed by atoms with Gasteiger partial charge < -0.3 is 10.2 Å². The molecule has 5 nitrogen and oxygen atoms in total. The third-order valence-electron chi connectivity index (χ3n) is 4.28. The van der Waals surface area contributed by atoms with Gasteiger partial charge in [-0.05, 0) is 40.7 Å². The summed E-state index contributed by atoms with van der Waals surface area (Å²) in [5, 5.41) is 24.5. The monoisotopic (exact) mass is 368 g/mol. The molecule has 0 bridgehead atoms. The minimum atomic E-state index is -0.491. The van der Waals surface area contributed by atoms with Crippen LogP contribution in [0.15, 0.2) is 41.5 Å². The summed E-state index contributed by atoms with van der Waals surface area (Å²) in [7, 11) is 0. The Morgan fingerprint density at radius 3 is 1.96 bits per heavy atom. The van der Waals surface area contributed by atoms with Gasteiger partial charge in [0.1, 0.15) is 11.5 Å². The maximum Gasteiger partial charge on any atom is 0.275 e. The fourth-order valence-corrected chi connectivity index (χ4v) is 2.77. The van der Waals surface area contributed by atoms with E-state index in [4.69, 9.17) is 0 Å². The minimum absolute atomic E-state index is 0.0973. The second-order valence-electron chi connectivity index (χ2n) is 8.68. The highest BCUT2D eigenvalue weighted by Crippen LogP contribution is 2.39. The quantitative estimate of drug-likeness (QED) is 0.553. The van der Waals surface area contributed by atoms with Gasteiger partial charge in [0.25, 0.3) is 5.91 Å². The van der Waals surface area contributed by atoms with Gasteiger partial charge in [-0.15, -0.1) is 0 Å². The van der Waals surface area contributed by atoms with E-state index in [0.29, 0.717) is 5.75 Å². The first kappa shape index (κ1) is 20.5. The Hall–Kier alpha value is -2.82. The third-order valence-corrected chi connectivity index (χ3v) is 4.28. The molecule has 1 amide bonds. The van der Waals surface area contributed by atoms with E-state index in [-0.39, 0.29) is 22.1 Å². The van der Waals surface area contributed by atoms with Crippen LogP contribution in [-0.2, 0) is 10.8 Å². The van der Waals surface area contributed by atoms with Crippen molar-refractivity contribution in [2.45, 2.75) is 52.4 Å². The molecule has 0 unspecified atom stereocenters. The number of benzene rings is 2. The SMILES string of the molecule is CC(C)(C)c1cc(C=NNC(=O)c2ccccc2O)cc(C(C)(C)C)c1O. The first-order valence-electron chi connectivity index (χ1n) is 8.90. The lowest BCUT2D eigenvalue weighted by atomic mass is 9.78. The molecule has 0 radical (unpaired) electrons. The van der Waals surface area contributed by atoms with Gasteiger partial charge in [-0.2, -0.15) is 5.10 Å². The van der Waals surface area contributed by atoms with Gasteiger partial charge in [0.2, 0.25) is 0 Å². The van der Waals surface area contributed by atoms with Crippen molar-refractivity contribution >= 4 is 12.1 Å². The number of phenols is 2. The van der Waals surface area contributed by atoms with Crippen LogP contribution in [0.1, 0.15) is 68.6 Å². The van der Waals surface area contributed by atoms with Crippen LogP contribution in [0.2, 0.25) is 0 Å². The van der Waals surface area contributed by atoms with E-state index in [1.54, 1.807) is 18.3 Å². The molecule has 144 valence electrons. The summed E-state index contributed by atoms with van der Waals surface area (Å²) >= 11 is 0. The standard InChI is InChI=1S/C22H28N2O3/c1-21(2,3)16-11-14(12-17(19(16)26)22(4,5)6)13-23-24-20(27)15-9-7-8-10-18(15)25/h7-13,25-26H,1-6H3,(H,24,27). The molecule has 2 rings (SSSR count). The lowest BCUT2D eigenvalue weighted by Crippen LogP contribution is -2.19. The number of carbonyl (C=O) groups is 1. The molecule has 0 spiro atoms. The number of hydrogen-bond donors (Lipinski definition) is 3. The summed E-state index contributed by atoms with van der Waals surface area (Å²) in [4.78, 5) is 12.1. The predicted molar refractivity (Wildman–Crippen MR) is 109 cm³/mol. The number of amides is 1. The first-order valence-corrected chi connectivity index (χ1v) is 8.90. The zero-order chi connectivity index (χ0) is 20.4. The smallest absolute Gasteiger partial charge is 0.275 e. The van der Waals surface area contributed by atoms with E-state index in [1.807, 2.05) is 53.7 Å². The Bertz CT molecular complexity index is 837. The zero-order valence-electron chi connectivity index (χ0n) is 16.8. The lowest BCUT2D eigenvalue weighted by molar-refractivity contribution is 0.0952. The molecule has 2 aromatic carbocycles. The number of nitrogens with one attached hydrogen (secondary N) is 1. The molecular weight excluding hydrogens is 340 g/mol. The van der Waals surface area contributed by atoms with Gasteiger partial charge in [0.15, 0.2) is 0 Å². The van der Waals surface area contributed by atoms with E-state index < -0.39 is 5.91 Å². The lowest BCUT2D eigenvalue weighted by Gasteiger charge is -2.27. The summed E-state index contributed by atoms with van der Waals surface area (Å²) in [6.07, 6.45) is 1.54. The minimum Gasteiger partial charge on any atom is -0.507 e. The molecule has 0 aliphatic heterocycles. The van der Waals surface area contributed by atoms with Gasteiger partial charge in [0, 0.05) is 11.1 Å². The molecule has 0 saturated heterocycles. The highest BCUT2D eigenvalue weighted by molar-refractivity contribution is 5.97. The molecule has 0 aliphatic rings. The Balaban J connectivity index is 2.34. The number of carbonyl (C=O) groups excluding carboxylic acids is 1. The number of hydrazone groups is 1. The van der Waals surface area contributed by atoms with Gasteiger partial charge in [0.05, 0.1) is 11.8 Å². The van der Waals surface area contributed by atoms with Crippen LogP contribution in [0.3, 0.4) is 0 Å². The molecule has 0 atom stereocenters. The molecule has 0 aliphatic carbocycles. The second-order valence-corrected chi connectivity index (χ2v) is 8.68. The summed E-state index contributed by atoms with van der Waals surface area (Å²) in [5.74, 6) is -0.291. The van der Waals surface area contributed by atoms with Crippen molar-refractivity contribution in [3.8, 4) is 11.5 Å². The van der Waals surface area contributed by atoms with Crippen LogP contribution in [0.5, 0.6) is 11.5 Å². The van der Waals surface area contributed by atoms with Gasteiger partial charge in [-0.3, -0.25) is 4.79 Å². The van der Waals surface area contributed by atoms with Crippen molar-refractivity contribution in [3.63, 3.8) is 0 Å². The normalized spacial score (nSPS) is 12.4. The molecule has 0 saturated carbocycles. The number of phenolic OH excluding ortho intramolecular Hbond substituents is 2. The molecule has 0 fully saturated rings. The zero-order valence-corrected chi connectivity index (χ0v) is 16.8.